The van der Waals surface area contributed by atoms with E-state index >= 15 is 0 Å². The first-order valence-electron chi connectivity index (χ1n) is 10.6. The minimum atomic E-state index is -1.12. The Kier molecular flexibility index (Phi) is 8.92. The van der Waals surface area contributed by atoms with Crippen LogP contribution in [-0.4, -0.2) is 31.2 Å². The molecule has 2 unspecified atom stereocenters. The number of phenols is 2. The Hall–Kier alpha value is -1.85. The van der Waals surface area contributed by atoms with Gasteiger partial charge in [0.25, 0.3) is 0 Å². The highest BCUT2D eigenvalue weighted by molar-refractivity contribution is 9.09. The molecule has 1 aromatic carbocycles. The first-order chi connectivity index (χ1) is 14.1. The Morgan fingerprint density at radius 2 is 1.67 bits per heavy atom. The van der Waals surface area contributed by atoms with Crippen LogP contribution in [0, 0.1) is 5.92 Å². The van der Waals surface area contributed by atoms with Gasteiger partial charge in [-0.1, -0.05) is 49.0 Å². The van der Waals surface area contributed by atoms with Gasteiger partial charge >= 0.3 is 0 Å². The lowest BCUT2D eigenvalue weighted by Gasteiger charge is -2.23. The molecule has 4 nitrogen and oxygen atoms in total. The van der Waals surface area contributed by atoms with Crippen LogP contribution in [0.1, 0.15) is 76.0 Å². The third-order valence-electron chi connectivity index (χ3n) is 5.55. The zero-order valence-electron chi connectivity index (χ0n) is 18.4. The molecule has 164 valence electrons. The summed E-state index contributed by atoms with van der Waals surface area (Å²) in [6.07, 6.45) is 9.61. The molecule has 0 amide bonds. The Bertz CT molecular complexity index is 820. The molecular formula is C25H34BrNO3. The molecule has 2 atom stereocenters. The van der Waals surface area contributed by atoms with Crippen LogP contribution in [0.4, 0.5) is 0 Å². The molecular weight excluding hydrogens is 442 g/mol. The minimum absolute atomic E-state index is 0.00986. The SMILES string of the molecule is CC(CCCCCBr)C(C)c1cc(O)c(C(=CC(C)(C)O)c2ccncc2)c(O)c1. The maximum atomic E-state index is 10.9. The van der Waals surface area contributed by atoms with E-state index in [0.717, 1.165) is 22.9 Å². The number of hydrogen-bond acceptors (Lipinski definition) is 4. The zero-order chi connectivity index (χ0) is 22.3. The van der Waals surface area contributed by atoms with Crippen molar-refractivity contribution in [2.24, 2.45) is 5.92 Å². The van der Waals surface area contributed by atoms with Crippen molar-refractivity contribution in [3.05, 3.63) is 59.4 Å². The maximum absolute atomic E-state index is 10.9. The summed E-state index contributed by atoms with van der Waals surface area (Å²) in [5.41, 5.74) is 1.46. The average molecular weight is 476 g/mol. The van der Waals surface area contributed by atoms with Crippen molar-refractivity contribution in [3.8, 4) is 11.5 Å². The highest BCUT2D eigenvalue weighted by Crippen LogP contribution is 2.42. The van der Waals surface area contributed by atoms with Crippen molar-refractivity contribution in [2.75, 3.05) is 5.33 Å². The van der Waals surface area contributed by atoms with E-state index in [-0.39, 0.29) is 17.4 Å². The fourth-order valence-electron chi connectivity index (χ4n) is 3.67. The van der Waals surface area contributed by atoms with E-state index in [1.165, 1.54) is 19.3 Å². The van der Waals surface area contributed by atoms with Gasteiger partial charge in [0.2, 0.25) is 0 Å². The fourth-order valence-corrected chi connectivity index (χ4v) is 4.07. The molecule has 0 radical (unpaired) electrons. The number of aromatic hydroxyl groups is 2. The summed E-state index contributed by atoms with van der Waals surface area (Å²) in [4.78, 5) is 4.04. The van der Waals surface area contributed by atoms with Crippen molar-refractivity contribution in [1.29, 1.82) is 0 Å². The van der Waals surface area contributed by atoms with Crippen molar-refractivity contribution in [3.63, 3.8) is 0 Å². The van der Waals surface area contributed by atoms with Crippen LogP contribution in [0.2, 0.25) is 0 Å². The van der Waals surface area contributed by atoms with Gasteiger partial charge < -0.3 is 15.3 Å². The smallest absolute Gasteiger partial charge is 0.127 e. The molecule has 5 heteroatoms. The van der Waals surface area contributed by atoms with E-state index in [4.69, 9.17) is 0 Å². The molecule has 0 aliphatic rings. The number of pyridine rings is 1. The summed E-state index contributed by atoms with van der Waals surface area (Å²) in [6.45, 7) is 7.68. The molecule has 0 saturated heterocycles. The van der Waals surface area contributed by atoms with Crippen LogP contribution in [0.25, 0.3) is 5.57 Å². The zero-order valence-corrected chi connectivity index (χ0v) is 20.0. The molecule has 30 heavy (non-hydrogen) atoms. The number of alkyl halides is 1. The predicted molar refractivity (Wildman–Crippen MR) is 127 cm³/mol. The quantitative estimate of drug-likeness (QED) is 0.274. The molecule has 2 rings (SSSR count). The van der Waals surface area contributed by atoms with Crippen LogP contribution in [-0.2, 0) is 0 Å². The first-order valence-corrected chi connectivity index (χ1v) is 11.7. The van der Waals surface area contributed by atoms with Crippen LogP contribution >= 0.6 is 15.9 Å². The summed E-state index contributed by atoms with van der Waals surface area (Å²) in [7, 11) is 0. The first kappa shape index (κ1) is 24.4. The van der Waals surface area contributed by atoms with E-state index in [1.807, 2.05) is 0 Å². The lowest BCUT2D eigenvalue weighted by Crippen LogP contribution is -2.15. The Morgan fingerprint density at radius 3 is 2.20 bits per heavy atom. The number of phenolic OH excluding ortho intramolecular Hbond substituents is 2. The van der Waals surface area contributed by atoms with Gasteiger partial charge in [0.15, 0.2) is 0 Å². The minimum Gasteiger partial charge on any atom is -0.507 e. The van der Waals surface area contributed by atoms with Gasteiger partial charge in [-0.3, -0.25) is 4.98 Å². The lowest BCUT2D eigenvalue weighted by atomic mass is 9.83. The number of benzene rings is 1. The molecule has 0 aliphatic heterocycles. The van der Waals surface area contributed by atoms with Gasteiger partial charge in [0.05, 0.1) is 11.2 Å². The van der Waals surface area contributed by atoms with Gasteiger partial charge in [0, 0.05) is 17.7 Å². The fraction of sp³-hybridized carbons (Fsp3) is 0.480. The van der Waals surface area contributed by atoms with Crippen molar-refractivity contribution in [2.45, 2.75) is 64.9 Å². The number of hydrogen-bond donors (Lipinski definition) is 3. The second-order valence-corrected chi connectivity index (χ2v) is 9.48. The molecule has 0 spiro atoms. The summed E-state index contributed by atoms with van der Waals surface area (Å²) in [5.74, 6) is 0.672. The molecule has 1 aromatic heterocycles. The second kappa shape index (κ2) is 11.0. The van der Waals surface area contributed by atoms with E-state index in [1.54, 1.807) is 56.6 Å². The van der Waals surface area contributed by atoms with Crippen molar-refractivity contribution in [1.82, 2.24) is 4.98 Å². The number of unbranched alkanes of at least 4 members (excludes halogenated alkanes) is 2. The molecule has 0 fully saturated rings. The maximum Gasteiger partial charge on any atom is 0.127 e. The van der Waals surface area contributed by atoms with Crippen LogP contribution < -0.4 is 0 Å². The Morgan fingerprint density at radius 1 is 1.07 bits per heavy atom. The third kappa shape index (κ3) is 6.85. The average Bonchev–Trinajstić information content (AvgIpc) is 2.69. The van der Waals surface area contributed by atoms with Crippen LogP contribution in [0.5, 0.6) is 11.5 Å². The van der Waals surface area contributed by atoms with Crippen molar-refractivity contribution >= 4 is 21.5 Å². The number of nitrogens with zero attached hydrogens (tertiary/aromatic N) is 1. The van der Waals surface area contributed by atoms with Crippen LogP contribution in [0.3, 0.4) is 0 Å². The topological polar surface area (TPSA) is 73.6 Å². The summed E-state index contributed by atoms with van der Waals surface area (Å²) < 4.78 is 0. The summed E-state index contributed by atoms with van der Waals surface area (Å²) in [5, 5.41) is 33.2. The van der Waals surface area contributed by atoms with E-state index < -0.39 is 5.60 Å². The standard InChI is InChI=1S/C25H34BrNO3/c1-17(8-6-5-7-11-26)18(2)20-14-22(28)24(23(29)15-20)21(16-25(3,4)30)19-9-12-27-13-10-19/h9-10,12-18,28-30H,5-8,11H2,1-4H3. The number of rotatable bonds is 10. The molecule has 0 aliphatic carbocycles. The predicted octanol–water partition coefficient (Wildman–Crippen LogP) is 6.39. The molecule has 2 aromatic rings. The summed E-state index contributed by atoms with van der Waals surface area (Å²) >= 11 is 3.47. The third-order valence-corrected chi connectivity index (χ3v) is 6.11. The molecule has 0 saturated carbocycles. The number of aromatic nitrogens is 1. The number of halogens is 1. The largest absolute Gasteiger partial charge is 0.507 e. The second-order valence-electron chi connectivity index (χ2n) is 8.69. The monoisotopic (exact) mass is 475 g/mol. The Labute approximate surface area is 188 Å². The number of aliphatic hydroxyl groups is 1. The van der Waals surface area contributed by atoms with Gasteiger partial charge in [0.1, 0.15) is 11.5 Å². The molecule has 1 heterocycles. The normalized spacial score (nSPS) is 14.5. The van der Waals surface area contributed by atoms with E-state index in [2.05, 4.69) is 34.8 Å². The van der Waals surface area contributed by atoms with Gasteiger partial charge in [-0.05, 0) is 79.1 Å². The van der Waals surface area contributed by atoms with Crippen LogP contribution in [0.15, 0.2) is 42.7 Å². The molecule has 3 N–H and O–H groups in total. The highest BCUT2D eigenvalue weighted by Gasteiger charge is 2.22. The lowest BCUT2D eigenvalue weighted by molar-refractivity contribution is 0.133. The van der Waals surface area contributed by atoms with Gasteiger partial charge in [-0.15, -0.1) is 0 Å². The van der Waals surface area contributed by atoms with E-state index in [0.29, 0.717) is 17.1 Å². The molecule has 0 bridgehead atoms. The van der Waals surface area contributed by atoms with E-state index in [9.17, 15) is 15.3 Å². The highest BCUT2D eigenvalue weighted by atomic mass is 79.9. The van der Waals surface area contributed by atoms with Gasteiger partial charge in [-0.2, -0.15) is 0 Å². The van der Waals surface area contributed by atoms with Crippen molar-refractivity contribution < 1.29 is 15.3 Å². The summed E-state index contributed by atoms with van der Waals surface area (Å²) in [6, 6.07) is 7.08. The Balaban J connectivity index is 2.37. The van der Waals surface area contributed by atoms with Gasteiger partial charge in [-0.25, -0.2) is 0 Å².